The Balaban J connectivity index is 1.23. The number of hydrogen-bond donors (Lipinski definition) is 0. The molecule has 0 atom stereocenters. The van der Waals surface area contributed by atoms with Gasteiger partial charge >= 0.3 is 5.69 Å². The SMILES string of the molecule is Cn1c(=O)n(C)c2cc(-c3cccc(-c4cc(-c5ccc6c7ccccc7c7ccccc7c6c5)nc(-c5ccccc5)n4)c3)ccc21. The fourth-order valence-electron chi connectivity index (χ4n) is 7.07. The van der Waals surface area contributed by atoms with Crippen molar-refractivity contribution in [2.75, 3.05) is 0 Å². The van der Waals surface area contributed by atoms with Gasteiger partial charge in [-0.05, 0) is 73.8 Å². The minimum absolute atomic E-state index is 0.0345. The van der Waals surface area contributed by atoms with Gasteiger partial charge in [-0.15, -0.1) is 0 Å². The van der Waals surface area contributed by atoms with E-state index < -0.39 is 0 Å². The first-order valence-corrected chi connectivity index (χ1v) is 16.1. The van der Waals surface area contributed by atoms with Crippen molar-refractivity contribution in [2.24, 2.45) is 14.1 Å². The van der Waals surface area contributed by atoms with Gasteiger partial charge in [0.25, 0.3) is 0 Å². The molecule has 0 aliphatic heterocycles. The molecule has 7 aromatic carbocycles. The molecule has 2 heterocycles. The minimum Gasteiger partial charge on any atom is -0.295 e. The van der Waals surface area contributed by atoms with E-state index >= 15 is 0 Å². The summed E-state index contributed by atoms with van der Waals surface area (Å²) in [5, 5.41) is 7.42. The molecule has 2 aromatic heterocycles. The highest BCUT2D eigenvalue weighted by Crippen LogP contribution is 2.38. The quantitative estimate of drug-likeness (QED) is 0.185. The summed E-state index contributed by atoms with van der Waals surface area (Å²) in [5.41, 5.74) is 8.57. The van der Waals surface area contributed by atoms with Gasteiger partial charge < -0.3 is 0 Å². The van der Waals surface area contributed by atoms with E-state index in [2.05, 4.69) is 121 Å². The van der Waals surface area contributed by atoms with Crippen LogP contribution < -0.4 is 5.69 Å². The second kappa shape index (κ2) is 10.9. The lowest BCUT2D eigenvalue weighted by atomic mass is 9.92. The van der Waals surface area contributed by atoms with Crippen LogP contribution in [-0.4, -0.2) is 19.1 Å². The number of imidazole rings is 1. The van der Waals surface area contributed by atoms with Crippen LogP contribution in [0.3, 0.4) is 0 Å². The van der Waals surface area contributed by atoms with E-state index in [9.17, 15) is 4.79 Å². The normalized spacial score (nSPS) is 11.6. The molecular formula is C43H30N4O. The van der Waals surface area contributed by atoms with Crippen molar-refractivity contribution in [1.82, 2.24) is 19.1 Å². The molecule has 0 amide bonds. The smallest absolute Gasteiger partial charge is 0.295 e. The number of benzene rings is 7. The summed E-state index contributed by atoms with van der Waals surface area (Å²) >= 11 is 0. The average molecular weight is 619 g/mol. The molecule has 228 valence electrons. The molecule has 0 N–H and O–H groups in total. The summed E-state index contributed by atoms with van der Waals surface area (Å²) in [6.45, 7) is 0. The summed E-state index contributed by atoms with van der Waals surface area (Å²) in [6, 6.07) is 50.8. The highest BCUT2D eigenvalue weighted by molar-refractivity contribution is 6.25. The molecule has 0 unspecified atom stereocenters. The predicted octanol–water partition coefficient (Wildman–Crippen LogP) is 9.79. The molecule has 5 heteroatoms. The van der Waals surface area contributed by atoms with E-state index in [0.717, 1.165) is 50.2 Å². The fraction of sp³-hybridized carbons (Fsp3) is 0.0465. The van der Waals surface area contributed by atoms with Gasteiger partial charge in [0.1, 0.15) is 0 Å². The molecule has 48 heavy (non-hydrogen) atoms. The van der Waals surface area contributed by atoms with E-state index in [4.69, 9.17) is 9.97 Å². The molecule has 0 aliphatic rings. The lowest BCUT2D eigenvalue weighted by molar-refractivity contribution is 0.795. The summed E-state index contributed by atoms with van der Waals surface area (Å²) < 4.78 is 3.38. The van der Waals surface area contributed by atoms with Crippen LogP contribution in [0.25, 0.3) is 88.4 Å². The van der Waals surface area contributed by atoms with E-state index in [1.165, 1.54) is 32.3 Å². The Bertz CT molecular complexity index is 2740. The first-order chi connectivity index (χ1) is 23.5. The molecule has 9 rings (SSSR count). The molecule has 0 spiro atoms. The largest absolute Gasteiger partial charge is 0.328 e. The van der Waals surface area contributed by atoms with Crippen LogP contribution in [0.4, 0.5) is 0 Å². The Morgan fingerprint density at radius 1 is 0.396 bits per heavy atom. The van der Waals surface area contributed by atoms with E-state index in [-0.39, 0.29) is 5.69 Å². The van der Waals surface area contributed by atoms with Gasteiger partial charge in [-0.2, -0.15) is 0 Å². The standard InChI is InChI=1S/C43H30N4O/c1-46-40-22-20-29(25-41(40)47(2)43(46)48)28-13-10-14-30(23-28)38-26-39(45-42(44-38)27-11-4-3-5-12-27)31-19-21-36-34-17-7-6-15-32(34)33-16-8-9-18-35(33)37(36)24-31/h3-26H,1-2H3. The van der Waals surface area contributed by atoms with Crippen LogP contribution in [-0.2, 0) is 14.1 Å². The zero-order valence-electron chi connectivity index (χ0n) is 26.6. The fourth-order valence-corrected chi connectivity index (χ4v) is 7.07. The molecule has 0 fully saturated rings. The van der Waals surface area contributed by atoms with E-state index in [0.29, 0.717) is 5.82 Å². The first kappa shape index (κ1) is 27.9. The summed E-state index contributed by atoms with van der Waals surface area (Å²) in [6.07, 6.45) is 0. The minimum atomic E-state index is -0.0345. The first-order valence-electron chi connectivity index (χ1n) is 16.1. The molecule has 5 nitrogen and oxygen atoms in total. The third-order valence-corrected chi connectivity index (χ3v) is 9.56. The van der Waals surface area contributed by atoms with Crippen LogP contribution in [0.1, 0.15) is 0 Å². The Hall–Kier alpha value is -6.33. The summed E-state index contributed by atoms with van der Waals surface area (Å²) in [4.78, 5) is 22.8. The number of hydrogen-bond acceptors (Lipinski definition) is 3. The van der Waals surface area contributed by atoms with Gasteiger partial charge in [-0.3, -0.25) is 9.13 Å². The van der Waals surface area contributed by atoms with Gasteiger partial charge in [0.2, 0.25) is 0 Å². The molecule has 0 saturated heterocycles. The van der Waals surface area contributed by atoms with Crippen molar-refractivity contribution < 1.29 is 0 Å². The number of aromatic nitrogens is 4. The van der Waals surface area contributed by atoms with Gasteiger partial charge in [-0.1, -0.05) is 115 Å². The highest BCUT2D eigenvalue weighted by atomic mass is 16.1. The van der Waals surface area contributed by atoms with Crippen LogP contribution in [0.2, 0.25) is 0 Å². The van der Waals surface area contributed by atoms with Gasteiger partial charge in [0.05, 0.1) is 22.4 Å². The zero-order valence-corrected chi connectivity index (χ0v) is 26.6. The Kier molecular flexibility index (Phi) is 6.34. The molecule has 0 bridgehead atoms. The Morgan fingerprint density at radius 2 is 0.896 bits per heavy atom. The topological polar surface area (TPSA) is 52.7 Å². The molecule has 9 aromatic rings. The maximum absolute atomic E-state index is 12.6. The number of aryl methyl sites for hydroxylation is 2. The van der Waals surface area contributed by atoms with Crippen LogP contribution >= 0.6 is 0 Å². The molecule has 0 radical (unpaired) electrons. The van der Waals surface area contributed by atoms with Gasteiger partial charge in [-0.25, -0.2) is 14.8 Å². The molecule has 0 saturated carbocycles. The number of rotatable bonds is 4. The van der Waals surface area contributed by atoms with E-state index in [1.54, 1.807) is 9.13 Å². The lowest BCUT2D eigenvalue weighted by Gasteiger charge is -2.13. The van der Waals surface area contributed by atoms with Crippen LogP contribution in [0, 0.1) is 0 Å². The highest BCUT2D eigenvalue weighted by Gasteiger charge is 2.15. The average Bonchev–Trinajstić information content (AvgIpc) is 3.37. The van der Waals surface area contributed by atoms with Crippen molar-refractivity contribution in [3.05, 3.63) is 156 Å². The monoisotopic (exact) mass is 618 g/mol. The van der Waals surface area contributed by atoms with Crippen molar-refractivity contribution >= 4 is 43.4 Å². The maximum atomic E-state index is 12.6. The van der Waals surface area contributed by atoms with Gasteiger partial charge in [0.15, 0.2) is 5.82 Å². The Labute approximate surface area is 277 Å². The Morgan fingerprint density at radius 3 is 1.58 bits per heavy atom. The molecule has 0 aliphatic carbocycles. The zero-order chi connectivity index (χ0) is 32.4. The van der Waals surface area contributed by atoms with E-state index in [1.807, 2.05) is 38.4 Å². The summed E-state index contributed by atoms with van der Waals surface area (Å²) in [7, 11) is 3.62. The van der Waals surface area contributed by atoms with Crippen molar-refractivity contribution in [3.8, 4) is 45.0 Å². The van der Waals surface area contributed by atoms with Crippen molar-refractivity contribution in [2.45, 2.75) is 0 Å². The third kappa shape index (κ3) is 4.43. The van der Waals surface area contributed by atoms with Crippen LogP contribution in [0.5, 0.6) is 0 Å². The van der Waals surface area contributed by atoms with Gasteiger partial charge in [0, 0.05) is 30.8 Å². The number of nitrogens with zero attached hydrogens (tertiary/aromatic N) is 4. The molecular weight excluding hydrogens is 589 g/mol. The van der Waals surface area contributed by atoms with Crippen LogP contribution in [0.15, 0.2) is 150 Å². The maximum Gasteiger partial charge on any atom is 0.328 e. The predicted molar refractivity (Wildman–Crippen MR) is 198 cm³/mol. The van der Waals surface area contributed by atoms with Crippen molar-refractivity contribution in [3.63, 3.8) is 0 Å². The second-order valence-electron chi connectivity index (χ2n) is 12.4. The lowest BCUT2D eigenvalue weighted by Crippen LogP contribution is -2.19. The third-order valence-electron chi connectivity index (χ3n) is 9.56. The summed E-state index contributed by atoms with van der Waals surface area (Å²) in [5.74, 6) is 0.678. The number of fused-ring (bicyclic) bond motifs is 7. The van der Waals surface area contributed by atoms with Crippen molar-refractivity contribution in [1.29, 1.82) is 0 Å². The second-order valence-corrected chi connectivity index (χ2v) is 12.4.